The van der Waals surface area contributed by atoms with E-state index in [1.54, 1.807) is 12.1 Å². The van der Waals surface area contributed by atoms with Gasteiger partial charge in [-0.05, 0) is 43.9 Å². The summed E-state index contributed by atoms with van der Waals surface area (Å²) >= 11 is 0. The predicted molar refractivity (Wildman–Crippen MR) is 95.1 cm³/mol. The number of piperazine rings is 1. The lowest BCUT2D eigenvalue weighted by Crippen LogP contribution is -2.49. The molecule has 0 bridgehead atoms. The van der Waals surface area contributed by atoms with Gasteiger partial charge < -0.3 is 15.5 Å². The minimum Gasteiger partial charge on any atom is -0.366 e. The maximum Gasteiger partial charge on any atom is 0.223 e. The van der Waals surface area contributed by atoms with Gasteiger partial charge in [-0.1, -0.05) is 6.42 Å². The van der Waals surface area contributed by atoms with E-state index in [1.165, 1.54) is 13.0 Å². The molecular formula is C19H26FN3O2. The van der Waals surface area contributed by atoms with Crippen molar-refractivity contribution in [1.82, 2.24) is 4.90 Å². The van der Waals surface area contributed by atoms with Crippen LogP contribution in [0.3, 0.4) is 0 Å². The maximum atomic E-state index is 14.3. The first-order valence-electron chi connectivity index (χ1n) is 9.04. The van der Waals surface area contributed by atoms with E-state index in [0.29, 0.717) is 49.8 Å². The molecular weight excluding hydrogens is 321 g/mol. The van der Waals surface area contributed by atoms with Crippen LogP contribution in [-0.4, -0.2) is 48.8 Å². The number of hydrogen-bond donors (Lipinski definition) is 1. The zero-order valence-corrected chi connectivity index (χ0v) is 14.7. The fourth-order valence-electron chi connectivity index (χ4n) is 3.85. The molecule has 2 aliphatic rings. The Morgan fingerprint density at radius 3 is 2.48 bits per heavy atom. The topological polar surface area (TPSA) is 66.6 Å². The lowest BCUT2D eigenvalue weighted by Gasteiger charge is -2.37. The number of nitrogens with two attached hydrogens (primary N) is 1. The standard InChI is InChI=1S/C19H26FN3O2/c1-13(24)14-5-6-18(16(20)11-14)22-7-9-23(10-8-22)19(25)12-15-3-2-4-17(15)21/h5-6,11,15,17H,2-4,7-10,12,21H2,1H3/t15-,17+/m0/s1. The van der Waals surface area contributed by atoms with E-state index >= 15 is 0 Å². The molecule has 1 aliphatic heterocycles. The number of nitrogens with zero attached hydrogens (tertiary/aromatic N) is 2. The summed E-state index contributed by atoms with van der Waals surface area (Å²) in [5, 5.41) is 0. The lowest BCUT2D eigenvalue weighted by molar-refractivity contribution is -0.132. The summed E-state index contributed by atoms with van der Waals surface area (Å²) in [6.45, 7) is 3.80. The van der Waals surface area contributed by atoms with Crippen LogP contribution in [0, 0.1) is 11.7 Å². The summed E-state index contributed by atoms with van der Waals surface area (Å²) in [5.74, 6) is -0.0631. The highest BCUT2D eigenvalue weighted by Gasteiger charge is 2.29. The van der Waals surface area contributed by atoms with Crippen LogP contribution >= 0.6 is 0 Å². The van der Waals surface area contributed by atoms with Crippen LogP contribution in [0.2, 0.25) is 0 Å². The molecule has 2 atom stereocenters. The van der Waals surface area contributed by atoms with E-state index in [0.717, 1.165) is 19.3 Å². The molecule has 1 heterocycles. The fraction of sp³-hybridized carbons (Fsp3) is 0.579. The molecule has 136 valence electrons. The minimum absolute atomic E-state index is 0.147. The van der Waals surface area contributed by atoms with Gasteiger partial charge in [-0.2, -0.15) is 0 Å². The van der Waals surface area contributed by atoms with E-state index in [9.17, 15) is 14.0 Å². The number of halogens is 1. The summed E-state index contributed by atoms with van der Waals surface area (Å²) in [4.78, 5) is 27.6. The SMILES string of the molecule is CC(=O)c1ccc(N2CCN(C(=O)C[C@@H]3CCC[C@H]3N)CC2)c(F)c1. The molecule has 2 fully saturated rings. The summed E-state index contributed by atoms with van der Waals surface area (Å²) in [6.07, 6.45) is 3.70. The van der Waals surface area contributed by atoms with Crippen LogP contribution in [0.25, 0.3) is 0 Å². The van der Waals surface area contributed by atoms with Gasteiger partial charge in [0.25, 0.3) is 0 Å². The Labute approximate surface area is 148 Å². The van der Waals surface area contributed by atoms with Crippen molar-refractivity contribution < 1.29 is 14.0 Å². The number of Topliss-reactive ketones (excluding diaryl/α,β-unsaturated/α-hetero) is 1. The number of hydrogen-bond acceptors (Lipinski definition) is 4. The van der Waals surface area contributed by atoms with Gasteiger partial charge in [0.2, 0.25) is 5.91 Å². The second-order valence-electron chi connectivity index (χ2n) is 7.15. The Balaban J connectivity index is 1.56. The van der Waals surface area contributed by atoms with E-state index in [-0.39, 0.29) is 23.5 Å². The molecule has 0 radical (unpaired) electrons. The van der Waals surface area contributed by atoms with Crippen LogP contribution in [0.15, 0.2) is 18.2 Å². The molecule has 2 N–H and O–H groups in total. The van der Waals surface area contributed by atoms with Crippen LogP contribution < -0.4 is 10.6 Å². The first-order valence-corrected chi connectivity index (χ1v) is 9.04. The summed E-state index contributed by atoms with van der Waals surface area (Å²) in [6, 6.07) is 4.75. The summed E-state index contributed by atoms with van der Waals surface area (Å²) in [5.41, 5.74) is 6.93. The minimum atomic E-state index is -0.385. The van der Waals surface area contributed by atoms with Gasteiger partial charge in [0.05, 0.1) is 5.69 Å². The zero-order valence-electron chi connectivity index (χ0n) is 14.7. The van der Waals surface area contributed by atoms with Gasteiger partial charge in [-0.25, -0.2) is 4.39 Å². The average Bonchev–Trinajstić information content (AvgIpc) is 2.99. The molecule has 0 unspecified atom stereocenters. The number of amides is 1. The predicted octanol–water partition coefficient (Wildman–Crippen LogP) is 2.19. The monoisotopic (exact) mass is 347 g/mol. The third kappa shape index (κ3) is 4.00. The number of anilines is 1. The van der Waals surface area contributed by atoms with Gasteiger partial charge in [-0.3, -0.25) is 9.59 Å². The van der Waals surface area contributed by atoms with E-state index < -0.39 is 0 Å². The van der Waals surface area contributed by atoms with Crippen molar-refractivity contribution in [3.05, 3.63) is 29.6 Å². The number of carbonyl (C=O) groups excluding carboxylic acids is 2. The van der Waals surface area contributed by atoms with Gasteiger partial charge in [0.1, 0.15) is 5.82 Å². The number of benzene rings is 1. The lowest BCUT2D eigenvalue weighted by atomic mass is 9.99. The zero-order chi connectivity index (χ0) is 18.0. The smallest absolute Gasteiger partial charge is 0.223 e. The fourth-order valence-corrected chi connectivity index (χ4v) is 3.85. The molecule has 0 aromatic heterocycles. The normalized spacial score (nSPS) is 23.8. The molecule has 0 spiro atoms. The van der Waals surface area contributed by atoms with Crippen molar-refractivity contribution in [2.45, 2.75) is 38.6 Å². The Morgan fingerprint density at radius 1 is 1.20 bits per heavy atom. The van der Waals surface area contributed by atoms with Crippen molar-refractivity contribution in [2.75, 3.05) is 31.1 Å². The molecule has 1 saturated heterocycles. The van der Waals surface area contributed by atoms with Crippen LogP contribution in [0.5, 0.6) is 0 Å². The molecule has 1 aliphatic carbocycles. The summed E-state index contributed by atoms with van der Waals surface area (Å²) in [7, 11) is 0. The second kappa shape index (κ2) is 7.52. The third-order valence-electron chi connectivity index (χ3n) is 5.48. The molecule has 3 rings (SSSR count). The van der Waals surface area contributed by atoms with Gasteiger partial charge in [0.15, 0.2) is 5.78 Å². The molecule has 5 nitrogen and oxygen atoms in total. The van der Waals surface area contributed by atoms with Crippen LogP contribution in [-0.2, 0) is 4.79 Å². The van der Waals surface area contributed by atoms with Gasteiger partial charge >= 0.3 is 0 Å². The number of rotatable bonds is 4. The van der Waals surface area contributed by atoms with E-state index in [1.807, 2.05) is 9.80 Å². The maximum absolute atomic E-state index is 14.3. The van der Waals surface area contributed by atoms with Crippen molar-refractivity contribution >= 4 is 17.4 Å². The molecule has 25 heavy (non-hydrogen) atoms. The second-order valence-corrected chi connectivity index (χ2v) is 7.15. The first kappa shape index (κ1) is 17.9. The van der Waals surface area contributed by atoms with Crippen molar-refractivity contribution in [3.63, 3.8) is 0 Å². The molecule has 1 amide bonds. The Hall–Kier alpha value is -1.95. The largest absolute Gasteiger partial charge is 0.366 e. The van der Waals surface area contributed by atoms with E-state index in [4.69, 9.17) is 5.73 Å². The van der Waals surface area contributed by atoms with Crippen LogP contribution in [0.1, 0.15) is 43.0 Å². The number of carbonyl (C=O) groups is 2. The Morgan fingerprint density at radius 2 is 1.92 bits per heavy atom. The quantitative estimate of drug-likeness (QED) is 0.848. The highest BCUT2D eigenvalue weighted by atomic mass is 19.1. The Kier molecular flexibility index (Phi) is 5.37. The Bertz CT molecular complexity index is 656. The highest BCUT2D eigenvalue weighted by molar-refractivity contribution is 5.94. The van der Waals surface area contributed by atoms with Crippen LogP contribution in [0.4, 0.5) is 10.1 Å². The molecule has 1 saturated carbocycles. The molecule has 1 aromatic rings. The molecule has 1 aromatic carbocycles. The van der Waals surface area contributed by atoms with E-state index in [2.05, 4.69) is 0 Å². The average molecular weight is 347 g/mol. The third-order valence-corrected chi connectivity index (χ3v) is 5.48. The van der Waals surface area contributed by atoms with Crippen molar-refractivity contribution in [2.24, 2.45) is 11.7 Å². The highest BCUT2D eigenvalue weighted by Crippen LogP contribution is 2.28. The summed E-state index contributed by atoms with van der Waals surface area (Å²) < 4.78 is 14.3. The van der Waals surface area contributed by atoms with Crippen molar-refractivity contribution in [3.8, 4) is 0 Å². The molecule has 6 heteroatoms. The first-order chi connectivity index (χ1) is 12.0. The van der Waals surface area contributed by atoms with Crippen molar-refractivity contribution in [1.29, 1.82) is 0 Å². The van der Waals surface area contributed by atoms with Gasteiger partial charge in [0, 0.05) is 44.2 Å². The number of ketones is 1. The van der Waals surface area contributed by atoms with Gasteiger partial charge in [-0.15, -0.1) is 0 Å².